The summed E-state index contributed by atoms with van der Waals surface area (Å²) in [6.45, 7) is 4.32. The molecule has 0 aliphatic rings. The van der Waals surface area contributed by atoms with Gasteiger partial charge in [-0.2, -0.15) is 0 Å². The van der Waals surface area contributed by atoms with Crippen LogP contribution in [-0.2, 0) is 22.6 Å². The van der Waals surface area contributed by atoms with E-state index in [0.29, 0.717) is 29.3 Å². The van der Waals surface area contributed by atoms with E-state index in [1.807, 2.05) is 44.2 Å². The number of halogens is 2. The van der Waals surface area contributed by atoms with Crippen molar-refractivity contribution < 1.29 is 18.7 Å². The van der Waals surface area contributed by atoms with Crippen molar-refractivity contribution in [2.24, 2.45) is 5.92 Å². The second kappa shape index (κ2) is 12.9. The van der Waals surface area contributed by atoms with Gasteiger partial charge in [-0.25, -0.2) is 4.39 Å². The molecule has 0 heterocycles. The summed E-state index contributed by atoms with van der Waals surface area (Å²) >= 11 is 6.17. The van der Waals surface area contributed by atoms with Crippen LogP contribution in [0.2, 0.25) is 5.02 Å². The van der Waals surface area contributed by atoms with Gasteiger partial charge in [0.05, 0.1) is 5.02 Å². The van der Waals surface area contributed by atoms with Crippen molar-refractivity contribution in [2.45, 2.75) is 32.9 Å². The summed E-state index contributed by atoms with van der Waals surface area (Å²) in [4.78, 5) is 28.3. The van der Waals surface area contributed by atoms with Gasteiger partial charge in [0.1, 0.15) is 17.6 Å². The van der Waals surface area contributed by atoms with E-state index in [1.165, 1.54) is 17.0 Å². The van der Waals surface area contributed by atoms with E-state index < -0.39 is 6.04 Å². The quantitative estimate of drug-likeness (QED) is 0.393. The molecule has 3 aromatic rings. The number of hydrogen-bond acceptors (Lipinski definition) is 3. The average Bonchev–Trinajstić information content (AvgIpc) is 2.85. The number of hydrogen-bond donors (Lipinski definition) is 1. The summed E-state index contributed by atoms with van der Waals surface area (Å²) in [6, 6.07) is 21.5. The fourth-order valence-corrected chi connectivity index (χ4v) is 3.74. The highest BCUT2D eigenvalue weighted by Crippen LogP contribution is 2.23. The fraction of sp³-hybridized carbons (Fsp3) is 0.286. The van der Waals surface area contributed by atoms with Crippen LogP contribution in [0.15, 0.2) is 78.9 Å². The lowest BCUT2D eigenvalue weighted by molar-refractivity contribution is -0.142. The Kier molecular flexibility index (Phi) is 9.67. The monoisotopic (exact) mass is 496 g/mol. The van der Waals surface area contributed by atoms with Gasteiger partial charge in [0.15, 0.2) is 6.61 Å². The van der Waals surface area contributed by atoms with Crippen LogP contribution in [0, 0.1) is 11.7 Å². The lowest BCUT2D eigenvalue weighted by Gasteiger charge is -2.31. The Morgan fingerprint density at radius 1 is 0.943 bits per heavy atom. The molecular formula is C28H30ClFN2O3. The van der Waals surface area contributed by atoms with Crippen LogP contribution in [0.4, 0.5) is 4.39 Å². The van der Waals surface area contributed by atoms with E-state index in [9.17, 15) is 14.0 Å². The van der Waals surface area contributed by atoms with Gasteiger partial charge >= 0.3 is 0 Å². The minimum atomic E-state index is -0.788. The Morgan fingerprint density at radius 2 is 1.60 bits per heavy atom. The lowest BCUT2D eigenvalue weighted by Crippen LogP contribution is -2.52. The molecule has 35 heavy (non-hydrogen) atoms. The van der Waals surface area contributed by atoms with Crippen molar-refractivity contribution in [2.75, 3.05) is 13.2 Å². The summed E-state index contributed by atoms with van der Waals surface area (Å²) in [6.07, 6.45) is 0.323. The molecule has 0 spiro atoms. The van der Waals surface area contributed by atoms with Crippen LogP contribution in [0.25, 0.3) is 0 Å². The molecule has 184 valence electrons. The number of para-hydroxylation sites is 1. The van der Waals surface area contributed by atoms with Crippen molar-refractivity contribution in [3.8, 4) is 5.75 Å². The third-order valence-corrected chi connectivity index (χ3v) is 5.72. The number of amides is 2. The maximum atomic E-state index is 13.5. The zero-order chi connectivity index (χ0) is 25.2. The predicted octanol–water partition coefficient (Wildman–Crippen LogP) is 5.27. The molecule has 3 rings (SSSR count). The molecule has 0 aliphatic carbocycles. The van der Waals surface area contributed by atoms with Crippen molar-refractivity contribution >= 4 is 23.4 Å². The molecule has 3 aromatic carbocycles. The van der Waals surface area contributed by atoms with Gasteiger partial charge in [0.25, 0.3) is 5.91 Å². The van der Waals surface area contributed by atoms with Gasteiger partial charge in [-0.15, -0.1) is 0 Å². The van der Waals surface area contributed by atoms with Crippen molar-refractivity contribution in [3.05, 3.63) is 101 Å². The van der Waals surface area contributed by atoms with E-state index in [1.54, 1.807) is 36.4 Å². The van der Waals surface area contributed by atoms with E-state index in [0.717, 1.165) is 5.56 Å². The Labute approximate surface area is 210 Å². The van der Waals surface area contributed by atoms with Crippen LogP contribution >= 0.6 is 11.6 Å². The number of rotatable bonds is 11. The maximum absolute atomic E-state index is 13.5. The SMILES string of the molecule is CC(C)CNC(=O)[C@H](Cc1ccccc1)N(Cc1ccc(F)cc1)C(=O)COc1ccccc1Cl. The number of ether oxygens (including phenoxy) is 1. The van der Waals surface area contributed by atoms with Crippen LogP contribution < -0.4 is 10.1 Å². The third-order valence-electron chi connectivity index (χ3n) is 5.41. The number of nitrogens with one attached hydrogen (secondary N) is 1. The van der Waals surface area contributed by atoms with E-state index in [2.05, 4.69) is 5.32 Å². The Bertz CT molecular complexity index is 1110. The van der Waals surface area contributed by atoms with Crippen LogP contribution in [0.3, 0.4) is 0 Å². The largest absolute Gasteiger partial charge is 0.482 e. The van der Waals surface area contributed by atoms with Crippen LogP contribution in [-0.4, -0.2) is 35.9 Å². The van der Waals surface area contributed by atoms with Gasteiger partial charge in [0, 0.05) is 19.5 Å². The van der Waals surface area contributed by atoms with Gasteiger partial charge in [0.2, 0.25) is 5.91 Å². The van der Waals surface area contributed by atoms with Crippen LogP contribution in [0.1, 0.15) is 25.0 Å². The normalized spacial score (nSPS) is 11.7. The summed E-state index contributed by atoms with van der Waals surface area (Å²) in [5.74, 6) is -0.371. The third kappa shape index (κ3) is 8.11. The molecule has 0 saturated carbocycles. The zero-order valence-electron chi connectivity index (χ0n) is 19.9. The molecule has 7 heteroatoms. The van der Waals surface area contributed by atoms with Gasteiger partial charge in [-0.1, -0.05) is 80.0 Å². The topological polar surface area (TPSA) is 58.6 Å². The first kappa shape index (κ1) is 26.2. The summed E-state index contributed by atoms with van der Waals surface area (Å²) in [7, 11) is 0. The first-order valence-corrected chi connectivity index (χ1v) is 11.9. The maximum Gasteiger partial charge on any atom is 0.261 e. The Balaban J connectivity index is 1.90. The van der Waals surface area contributed by atoms with E-state index in [-0.39, 0.29) is 36.7 Å². The average molecular weight is 497 g/mol. The molecule has 0 fully saturated rings. The highest BCUT2D eigenvalue weighted by molar-refractivity contribution is 6.32. The van der Waals surface area contributed by atoms with Crippen molar-refractivity contribution in [1.82, 2.24) is 10.2 Å². The van der Waals surface area contributed by atoms with Gasteiger partial charge in [-0.3, -0.25) is 9.59 Å². The first-order valence-electron chi connectivity index (χ1n) is 11.6. The van der Waals surface area contributed by atoms with Crippen molar-refractivity contribution in [1.29, 1.82) is 0 Å². The van der Waals surface area contributed by atoms with E-state index in [4.69, 9.17) is 16.3 Å². The Hall–Kier alpha value is -3.38. The molecule has 0 saturated heterocycles. The van der Waals surface area contributed by atoms with Crippen LogP contribution in [0.5, 0.6) is 5.75 Å². The number of nitrogens with zero attached hydrogens (tertiary/aromatic N) is 1. The molecule has 0 aliphatic heterocycles. The molecular weight excluding hydrogens is 467 g/mol. The molecule has 0 bridgehead atoms. The molecule has 1 N–H and O–H groups in total. The smallest absolute Gasteiger partial charge is 0.261 e. The summed E-state index contributed by atoms with van der Waals surface area (Å²) in [5, 5.41) is 3.35. The van der Waals surface area contributed by atoms with E-state index >= 15 is 0 Å². The number of benzene rings is 3. The highest BCUT2D eigenvalue weighted by atomic mass is 35.5. The molecule has 1 atom stereocenters. The summed E-state index contributed by atoms with van der Waals surface area (Å²) in [5.41, 5.74) is 1.62. The molecule has 0 radical (unpaired) electrons. The molecule has 2 amide bonds. The summed E-state index contributed by atoms with van der Waals surface area (Å²) < 4.78 is 19.2. The zero-order valence-corrected chi connectivity index (χ0v) is 20.7. The fourth-order valence-electron chi connectivity index (χ4n) is 3.55. The number of carbonyl (C=O) groups excluding carboxylic acids is 2. The lowest BCUT2D eigenvalue weighted by atomic mass is 10.0. The second-order valence-corrected chi connectivity index (χ2v) is 9.12. The Morgan fingerprint density at radius 3 is 2.26 bits per heavy atom. The van der Waals surface area contributed by atoms with Gasteiger partial charge in [-0.05, 0) is 41.3 Å². The predicted molar refractivity (Wildman–Crippen MR) is 136 cm³/mol. The molecule has 5 nitrogen and oxygen atoms in total. The minimum Gasteiger partial charge on any atom is -0.482 e. The van der Waals surface area contributed by atoms with Gasteiger partial charge < -0.3 is 15.0 Å². The van der Waals surface area contributed by atoms with Crippen molar-refractivity contribution in [3.63, 3.8) is 0 Å². The molecule has 0 aromatic heterocycles. The number of carbonyl (C=O) groups is 2. The molecule has 0 unspecified atom stereocenters. The standard InChI is InChI=1S/C28H30ClFN2O3/c1-20(2)17-31-28(34)25(16-21-8-4-3-5-9-21)32(18-22-12-14-23(30)15-13-22)27(33)19-35-26-11-7-6-10-24(26)29/h3-15,20,25H,16-19H2,1-2H3,(H,31,34)/t25-/m0/s1. The minimum absolute atomic E-state index is 0.123. The highest BCUT2D eigenvalue weighted by Gasteiger charge is 2.30. The second-order valence-electron chi connectivity index (χ2n) is 8.71. The first-order chi connectivity index (χ1) is 16.8.